The molecule has 1 heterocycles. The molecule has 4 saturated carbocycles. The van der Waals surface area contributed by atoms with Crippen molar-refractivity contribution in [3.63, 3.8) is 0 Å². The van der Waals surface area contributed by atoms with Crippen molar-refractivity contribution in [3.8, 4) is 5.75 Å². The maximum absolute atomic E-state index is 5.94. The smallest absolute Gasteiger partial charge is 0.119 e. The van der Waals surface area contributed by atoms with Crippen LogP contribution in [-0.4, -0.2) is 37.6 Å². The van der Waals surface area contributed by atoms with Crippen LogP contribution >= 0.6 is 15.9 Å². The highest BCUT2D eigenvalue weighted by atomic mass is 79.9. The van der Waals surface area contributed by atoms with E-state index in [0.717, 1.165) is 46.5 Å². The number of unbranched alkanes of at least 4 members (excludes halogenated alkanes) is 1. The molecule has 7 rings (SSSR count). The van der Waals surface area contributed by atoms with E-state index in [2.05, 4.69) is 64.6 Å². The van der Waals surface area contributed by atoms with E-state index in [1.54, 1.807) is 7.11 Å². The number of aliphatic imine (C=N–C) groups is 1. The molecule has 5 heteroatoms. The molecule has 0 unspecified atom stereocenters. The van der Waals surface area contributed by atoms with Crippen LogP contribution in [0, 0.1) is 17.8 Å². The van der Waals surface area contributed by atoms with Gasteiger partial charge in [-0.25, -0.2) is 0 Å². The quantitative estimate of drug-likeness (QED) is 0.299. The number of hydrogen-bond donors (Lipinski definition) is 1. The Labute approximate surface area is 230 Å². The molecule has 4 aliphatic carbocycles. The van der Waals surface area contributed by atoms with Crippen molar-refractivity contribution in [1.82, 2.24) is 0 Å². The normalized spacial score (nSPS) is 29.6. The lowest BCUT2D eigenvalue weighted by molar-refractivity contribution is 0.0107. The van der Waals surface area contributed by atoms with Crippen molar-refractivity contribution in [2.24, 2.45) is 22.7 Å². The molecule has 0 saturated heterocycles. The van der Waals surface area contributed by atoms with Crippen LogP contribution in [0.5, 0.6) is 5.75 Å². The van der Waals surface area contributed by atoms with E-state index >= 15 is 0 Å². The number of fused-ring (bicyclic) bond motifs is 1. The molecule has 1 aliphatic heterocycles. The van der Waals surface area contributed by atoms with Crippen molar-refractivity contribution >= 4 is 27.3 Å². The van der Waals surface area contributed by atoms with Gasteiger partial charge in [0.2, 0.25) is 0 Å². The van der Waals surface area contributed by atoms with Gasteiger partial charge in [-0.1, -0.05) is 25.8 Å². The molecule has 0 amide bonds. The summed E-state index contributed by atoms with van der Waals surface area (Å²) in [5.41, 5.74) is 6.43. The van der Waals surface area contributed by atoms with Gasteiger partial charge in [0.05, 0.1) is 18.4 Å². The summed E-state index contributed by atoms with van der Waals surface area (Å²) in [6, 6.07) is 13.7. The number of methoxy groups -OCH3 is 1. The van der Waals surface area contributed by atoms with Gasteiger partial charge < -0.3 is 14.8 Å². The van der Waals surface area contributed by atoms with Gasteiger partial charge in [-0.3, -0.25) is 4.99 Å². The Morgan fingerprint density at radius 3 is 2.43 bits per heavy atom. The van der Waals surface area contributed by atoms with Gasteiger partial charge in [0.25, 0.3) is 0 Å². The van der Waals surface area contributed by atoms with Crippen LogP contribution in [0.15, 0.2) is 45.9 Å². The first-order valence-corrected chi connectivity index (χ1v) is 15.2. The number of benzene rings is 2. The van der Waals surface area contributed by atoms with E-state index in [0.29, 0.717) is 24.8 Å². The summed E-state index contributed by atoms with van der Waals surface area (Å²) in [5, 5.41) is 4.06. The second-order valence-electron chi connectivity index (χ2n) is 12.2. The minimum absolute atomic E-state index is 0.304. The van der Waals surface area contributed by atoms with Gasteiger partial charge in [0.15, 0.2) is 0 Å². The van der Waals surface area contributed by atoms with Crippen molar-refractivity contribution in [2.45, 2.75) is 82.7 Å². The average Bonchev–Trinajstić information content (AvgIpc) is 2.87. The third kappa shape index (κ3) is 5.36. The Balaban J connectivity index is 1.26. The van der Waals surface area contributed by atoms with E-state index in [4.69, 9.17) is 14.5 Å². The SMILES string of the molecule is CCCC[C@H]1Cc2cc(OCCOC)ccc2C(c2ccc(NC34CC5CC(CC(C5)C3)C4)c(Br)c2)=N1. The molecule has 5 aliphatic rings. The monoisotopic (exact) mass is 564 g/mol. The maximum Gasteiger partial charge on any atom is 0.119 e. The number of nitrogens with zero attached hydrogens (tertiary/aromatic N) is 1. The van der Waals surface area contributed by atoms with Gasteiger partial charge >= 0.3 is 0 Å². The molecule has 2 aromatic rings. The highest BCUT2D eigenvalue weighted by Crippen LogP contribution is 2.56. The van der Waals surface area contributed by atoms with Crippen molar-refractivity contribution in [3.05, 3.63) is 57.6 Å². The maximum atomic E-state index is 5.94. The third-order valence-corrected chi connectivity index (χ3v) is 9.88. The van der Waals surface area contributed by atoms with Crippen LogP contribution in [0.4, 0.5) is 5.69 Å². The summed E-state index contributed by atoms with van der Waals surface area (Å²) in [6.07, 6.45) is 13.0. The zero-order valence-corrected chi connectivity index (χ0v) is 24.0. The van der Waals surface area contributed by atoms with E-state index in [1.807, 2.05) is 0 Å². The fraction of sp³-hybridized carbons (Fsp3) is 0.594. The lowest BCUT2D eigenvalue weighted by Crippen LogP contribution is -2.54. The molecule has 4 fully saturated rings. The Morgan fingerprint density at radius 1 is 1.00 bits per heavy atom. The Morgan fingerprint density at radius 2 is 1.76 bits per heavy atom. The molecule has 0 radical (unpaired) electrons. The largest absolute Gasteiger partial charge is 0.491 e. The van der Waals surface area contributed by atoms with Crippen LogP contribution in [0.1, 0.15) is 81.4 Å². The van der Waals surface area contributed by atoms with E-state index in [-0.39, 0.29) is 0 Å². The van der Waals surface area contributed by atoms with E-state index in [9.17, 15) is 0 Å². The predicted octanol–water partition coefficient (Wildman–Crippen LogP) is 7.81. The third-order valence-electron chi connectivity index (χ3n) is 9.23. The molecule has 1 N–H and O–H groups in total. The average molecular weight is 566 g/mol. The second-order valence-corrected chi connectivity index (χ2v) is 13.0. The Bertz CT molecular complexity index is 1120. The number of halogens is 1. The molecule has 0 spiro atoms. The van der Waals surface area contributed by atoms with Gasteiger partial charge in [0, 0.05) is 33.9 Å². The molecule has 4 nitrogen and oxygen atoms in total. The topological polar surface area (TPSA) is 42.9 Å². The molecular weight excluding hydrogens is 524 g/mol. The second kappa shape index (κ2) is 10.7. The van der Waals surface area contributed by atoms with E-state index in [1.165, 1.54) is 73.7 Å². The molecule has 4 bridgehead atoms. The highest BCUT2D eigenvalue weighted by molar-refractivity contribution is 9.10. The first-order valence-electron chi connectivity index (χ1n) is 14.4. The van der Waals surface area contributed by atoms with Crippen LogP contribution in [-0.2, 0) is 11.2 Å². The van der Waals surface area contributed by atoms with Crippen LogP contribution in [0.2, 0.25) is 0 Å². The molecule has 2 aromatic carbocycles. The zero-order valence-electron chi connectivity index (χ0n) is 22.4. The summed E-state index contributed by atoms with van der Waals surface area (Å²) in [6.45, 7) is 3.43. The van der Waals surface area contributed by atoms with Gasteiger partial charge in [-0.15, -0.1) is 0 Å². The van der Waals surface area contributed by atoms with E-state index < -0.39 is 0 Å². The van der Waals surface area contributed by atoms with Crippen molar-refractivity contribution < 1.29 is 9.47 Å². The minimum Gasteiger partial charge on any atom is -0.491 e. The molecule has 0 aromatic heterocycles. The van der Waals surface area contributed by atoms with Gasteiger partial charge in [-0.2, -0.15) is 0 Å². The first kappa shape index (κ1) is 25.4. The van der Waals surface area contributed by atoms with Crippen LogP contribution in [0.3, 0.4) is 0 Å². The van der Waals surface area contributed by atoms with Crippen molar-refractivity contribution in [1.29, 1.82) is 0 Å². The fourth-order valence-electron chi connectivity index (χ4n) is 8.00. The zero-order chi connectivity index (χ0) is 25.4. The fourth-order valence-corrected chi connectivity index (χ4v) is 8.48. The Kier molecular flexibility index (Phi) is 7.37. The van der Waals surface area contributed by atoms with Crippen LogP contribution in [0.25, 0.3) is 0 Å². The summed E-state index contributed by atoms with van der Waals surface area (Å²) in [4.78, 5) is 5.30. The Hall–Kier alpha value is -1.85. The lowest BCUT2D eigenvalue weighted by atomic mass is 9.53. The number of nitrogens with one attached hydrogen (secondary N) is 1. The number of rotatable bonds is 10. The lowest BCUT2D eigenvalue weighted by Gasteiger charge is -2.57. The predicted molar refractivity (Wildman–Crippen MR) is 155 cm³/mol. The van der Waals surface area contributed by atoms with Crippen molar-refractivity contribution in [2.75, 3.05) is 25.6 Å². The van der Waals surface area contributed by atoms with Crippen LogP contribution < -0.4 is 10.1 Å². The minimum atomic E-state index is 0.304. The van der Waals surface area contributed by atoms with Gasteiger partial charge in [-0.05, 0) is 121 Å². The highest BCUT2D eigenvalue weighted by Gasteiger charge is 2.51. The number of anilines is 1. The molecule has 37 heavy (non-hydrogen) atoms. The molecular formula is C32H41BrN2O2. The summed E-state index contributed by atoms with van der Waals surface area (Å²) in [5.74, 6) is 3.73. The summed E-state index contributed by atoms with van der Waals surface area (Å²) in [7, 11) is 1.71. The summed E-state index contributed by atoms with van der Waals surface area (Å²) < 4.78 is 12.2. The molecule has 1 atom stereocenters. The molecule has 198 valence electrons. The standard InChI is InChI=1S/C32H41BrN2O2/c1-3-4-5-26-15-25-16-27(37-11-10-36-2)7-8-28(25)31(34-26)24-6-9-30(29(33)17-24)35-32-18-21-12-22(19-32)14-23(13-21)20-32/h6-9,16-17,21-23,26,35H,3-5,10-15,18-20H2,1-2H3/t21?,22?,23?,26-,32?/m0/s1. The first-order chi connectivity index (χ1) is 18.0. The van der Waals surface area contributed by atoms with Gasteiger partial charge in [0.1, 0.15) is 12.4 Å². The number of hydrogen-bond acceptors (Lipinski definition) is 4. The number of ether oxygens (including phenoxy) is 2. The summed E-state index contributed by atoms with van der Waals surface area (Å²) >= 11 is 3.95.